The summed E-state index contributed by atoms with van der Waals surface area (Å²) in [5, 5.41) is 0. The number of sulfone groups is 2. The molecule has 16 heteroatoms. The fourth-order valence-electron chi connectivity index (χ4n) is 16.0. The van der Waals surface area contributed by atoms with Gasteiger partial charge in [0.2, 0.25) is 19.7 Å². The molecule has 16 aromatic carbocycles. The number of aryl methyl sites for hydroxylation is 6. The van der Waals surface area contributed by atoms with E-state index in [1.165, 1.54) is 11.1 Å². The Labute approximate surface area is 897 Å². The lowest BCUT2D eigenvalue weighted by Crippen LogP contribution is -2.18. The smallest absolute Gasteiger partial charge is 0.206 e. The molecular formula is C134H156O14S2. The summed E-state index contributed by atoms with van der Waals surface area (Å²) in [4.78, 5) is 27.4. The molecule has 16 aromatic rings. The molecule has 0 aromatic heterocycles. The molecule has 0 saturated heterocycles. The Morgan fingerprint density at radius 2 is 0.347 bits per heavy atom. The van der Waals surface area contributed by atoms with Gasteiger partial charge in [-0.1, -0.05) is 281 Å². The summed E-state index contributed by atoms with van der Waals surface area (Å²) >= 11 is 0. The Kier molecular flexibility index (Phi) is 46.9. The molecule has 788 valence electrons. The number of methoxy groups -OCH3 is 2. The molecule has 0 radical (unpaired) electrons. The molecule has 0 spiro atoms. The highest BCUT2D eigenvalue weighted by Gasteiger charge is 2.30. The van der Waals surface area contributed by atoms with E-state index in [4.69, 9.17) is 37.9 Å². The molecule has 0 bridgehead atoms. The fraction of sp³-hybridized carbons (Fsp3) is 0.269. The molecule has 0 heterocycles. The van der Waals surface area contributed by atoms with E-state index in [0.29, 0.717) is 91.2 Å². The molecule has 0 N–H and O–H groups in total. The van der Waals surface area contributed by atoms with E-state index in [1.807, 2.05) is 340 Å². The summed E-state index contributed by atoms with van der Waals surface area (Å²) < 4.78 is 102. The molecular weight excluding hydrogens is 1900 g/mol. The third-order valence-electron chi connectivity index (χ3n) is 25.4. The highest BCUT2D eigenvalue weighted by atomic mass is 32.2. The fourth-order valence-corrected chi connectivity index (χ4v) is 18.7. The van der Waals surface area contributed by atoms with Crippen LogP contribution in [0.5, 0.6) is 80.5 Å². The van der Waals surface area contributed by atoms with E-state index in [9.17, 15) is 26.4 Å². The topological polar surface area (TPSA) is 176 Å². The Balaban J connectivity index is 0.000000358. The second-order valence-corrected chi connectivity index (χ2v) is 39.7. The highest BCUT2D eigenvalue weighted by Crippen LogP contribution is 2.43. The predicted octanol–water partition coefficient (Wildman–Crippen LogP) is 37.6. The maximum Gasteiger partial charge on any atom is 0.206 e. The van der Waals surface area contributed by atoms with E-state index in [2.05, 4.69) is 116 Å². The van der Waals surface area contributed by atoms with Gasteiger partial charge in [-0.05, 0) is 368 Å². The van der Waals surface area contributed by atoms with Crippen LogP contribution in [0.1, 0.15) is 276 Å². The first-order chi connectivity index (χ1) is 72.0. The van der Waals surface area contributed by atoms with Crippen molar-refractivity contribution in [2.45, 2.75) is 249 Å². The molecule has 0 fully saturated rings. The van der Waals surface area contributed by atoms with Crippen LogP contribution in [0.4, 0.5) is 0 Å². The molecule has 150 heavy (non-hydrogen) atoms. The first-order valence-corrected chi connectivity index (χ1v) is 55.3. The first kappa shape index (κ1) is 122. The molecule has 0 aliphatic carbocycles. The quantitative estimate of drug-likeness (QED) is 0.0389. The maximum absolute atomic E-state index is 13.6. The molecule has 14 nitrogen and oxygen atoms in total. The Morgan fingerprint density at radius 1 is 0.180 bits per heavy atom. The van der Waals surface area contributed by atoms with E-state index < -0.39 is 19.7 Å². The van der Waals surface area contributed by atoms with Crippen molar-refractivity contribution in [1.29, 1.82) is 0 Å². The van der Waals surface area contributed by atoms with Crippen LogP contribution in [0.25, 0.3) is 0 Å². The number of ether oxygens (including phenoxy) is 8. The number of hydrogen-bond acceptors (Lipinski definition) is 14. The van der Waals surface area contributed by atoms with Crippen molar-refractivity contribution in [2.75, 3.05) is 14.2 Å². The Morgan fingerprint density at radius 3 is 0.587 bits per heavy atom. The molecule has 0 saturated carbocycles. The maximum atomic E-state index is 13.6. The van der Waals surface area contributed by atoms with E-state index >= 15 is 0 Å². The largest absolute Gasteiger partial charge is 0.497 e. The molecule has 0 atom stereocenters. The van der Waals surface area contributed by atoms with Crippen molar-refractivity contribution in [3.8, 4) is 80.5 Å². The van der Waals surface area contributed by atoms with Gasteiger partial charge in [-0.2, -0.15) is 0 Å². The third-order valence-corrected chi connectivity index (χ3v) is 29.0. The van der Waals surface area contributed by atoms with Crippen molar-refractivity contribution >= 4 is 31.2 Å². The lowest BCUT2D eigenvalue weighted by molar-refractivity contribution is 0.103. The van der Waals surface area contributed by atoms with Gasteiger partial charge in [0.1, 0.15) is 80.5 Å². The van der Waals surface area contributed by atoms with E-state index in [-0.39, 0.29) is 52.8 Å². The number of ketones is 2. The molecule has 0 amide bonds. The van der Waals surface area contributed by atoms with Crippen molar-refractivity contribution < 1.29 is 64.3 Å². The van der Waals surface area contributed by atoms with Gasteiger partial charge in [0, 0.05) is 43.9 Å². The summed E-state index contributed by atoms with van der Waals surface area (Å²) in [5.41, 5.74) is 16.2. The highest BCUT2D eigenvalue weighted by molar-refractivity contribution is 7.91. The van der Waals surface area contributed by atoms with Gasteiger partial charge in [0.05, 0.1) is 33.8 Å². The second-order valence-electron chi connectivity index (χ2n) is 35.8. The summed E-state index contributed by atoms with van der Waals surface area (Å²) in [6.07, 6.45) is 0. The summed E-state index contributed by atoms with van der Waals surface area (Å²) in [6.45, 7) is 61.1. The molecule has 0 aliphatic heterocycles. The van der Waals surface area contributed by atoms with E-state index in [0.717, 1.165) is 78.3 Å². The van der Waals surface area contributed by atoms with Gasteiger partial charge in [-0.3, -0.25) is 9.59 Å². The van der Waals surface area contributed by atoms with Crippen molar-refractivity contribution in [3.05, 3.63) is 464 Å². The predicted molar refractivity (Wildman–Crippen MR) is 622 cm³/mol. The lowest BCUT2D eigenvalue weighted by Gasteiger charge is -2.26. The number of carbonyl (C=O) groups is 2. The monoisotopic (exact) mass is 2050 g/mol. The van der Waals surface area contributed by atoms with E-state index in [1.54, 1.807) is 129 Å². The zero-order valence-corrected chi connectivity index (χ0v) is 95.8. The summed E-state index contributed by atoms with van der Waals surface area (Å²) in [5.74, 6) is 9.13. The minimum absolute atomic E-state index is 0.0118. The van der Waals surface area contributed by atoms with Crippen LogP contribution in [0, 0.1) is 41.5 Å². The minimum atomic E-state index is -3.79. The Bertz CT molecular complexity index is 7140. The van der Waals surface area contributed by atoms with Crippen molar-refractivity contribution in [1.82, 2.24) is 0 Å². The van der Waals surface area contributed by atoms with Crippen LogP contribution in [0.2, 0.25) is 0 Å². The standard InChI is InChI=1S/2C59H54O7S.8C2H6/c1-39-9-34-54(37-40(39)2)67(61,62)55-35-36-56(41(3)38-55)66-53-32-20-47(21-33-53)59(6,7)46-18-30-52(31-19-46)65-50-24-12-43(13-25-50)57(60)42-10-22-49(23-11-42)64-51-28-16-45(17-29-51)58(4,5)44-14-26-48(63-8)27-15-44;1-39-9-10-42(37-40(39)2)57(60)43-11-36-56(41(3)38-43)66-53-26-18-47(19-27-53)59(6,7)46-16-24-50(25-17-46)65-52-30-34-55(35-31-52)67(61,62)54-32-28-51(29-33-54)64-49-22-14-45(15-23-49)58(4,5)44-12-20-48(63-8)21-13-44;8*1-2/h2*9-38H,1-8H3;8*1-2H3. The van der Waals surface area contributed by atoms with Gasteiger partial charge in [-0.15, -0.1) is 0 Å². The summed E-state index contributed by atoms with van der Waals surface area (Å²) in [6, 6.07) is 113. The average molecular weight is 2050 g/mol. The number of carbonyl (C=O) groups excluding carboxylic acids is 2. The van der Waals surface area contributed by atoms with Crippen LogP contribution >= 0.6 is 0 Å². The SMILES string of the molecule is CC.CC.CC.CC.CC.CC.CC.CC.COc1ccc(C(C)(C)c2ccc(Oc3ccc(C(=O)c4ccc(Oc5ccc(C(C)(C)c6ccc(Oc7ccc(S(=O)(=O)c8ccc(C)c(C)c8)cc7C)cc6)cc5)cc4)cc3)cc2)cc1.COc1ccc(C(C)(C)c2ccc(Oc3ccc(S(=O)(=O)c4ccc(Oc5ccc(C(C)(C)c6ccc(Oc7ccc(C(=O)c8ccc(C)c(C)c8)cc7C)cc6)cc5)cc4)cc3)cc2)cc1. The summed E-state index contributed by atoms with van der Waals surface area (Å²) in [7, 11) is -4.13. The van der Waals surface area contributed by atoms with Crippen LogP contribution in [0.15, 0.2) is 384 Å². The van der Waals surface area contributed by atoms with Crippen LogP contribution in [-0.4, -0.2) is 42.6 Å². The zero-order valence-electron chi connectivity index (χ0n) is 94.2. The number of rotatable bonds is 30. The number of benzene rings is 16. The molecule has 0 unspecified atom stereocenters. The van der Waals surface area contributed by atoms with Gasteiger partial charge in [0.15, 0.2) is 11.6 Å². The second kappa shape index (κ2) is 57.6. The van der Waals surface area contributed by atoms with Gasteiger partial charge >= 0.3 is 0 Å². The average Bonchev–Trinajstić information content (AvgIpc) is 0.782. The Hall–Kier alpha value is -14.8. The van der Waals surface area contributed by atoms with Gasteiger partial charge in [-0.25, -0.2) is 16.8 Å². The normalized spacial score (nSPS) is 10.8. The van der Waals surface area contributed by atoms with Crippen LogP contribution in [0.3, 0.4) is 0 Å². The van der Waals surface area contributed by atoms with Gasteiger partial charge in [0.25, 0.3) is 0 Å². The number of hydrogen-bond donors (Lipinski definition) is 0. The molecule has 16 rings (SSSR count). The van der Waals surface area contributed by atoms with Crippen molar-refractivity contribution in [3.63, 3.8) is 0 Å². The minimum Gasteiger partial charge on any atom is -0.497 e. The third kappa shape index (κ3) is 31.2. The van der Waals surface area contributed by atoms with Crippen LogP contribution in [-0.2, 0) is 41.3 Å². The van der Waals surface area contributed by atoms with Gasteiger partial charge < -0.3 is 37.9 Å². The molecule has 0 aliphatic rings. The first-order valence-electron chi connectivity index (χ1n) is 52.4. The zero-order chi connectivity index (χ0) is 111. The lowest BCUT2D eigenvalue weighted by atomic mass is 9.78. The van der Waals surface area contributed by atoms with Crippen molar-refractivity contribution in [2.24, 2.45) is 0 Å². The van der Waals surface area contributed by atoms with Crippen LogP contribution < -0.4 is 37.9 Å².